The number of hydrogen-bond donors (Lipinski definition) is 1. The normalized spacial score (nSPS) is 14.7. The van der Waals surface area contributed by atoms with Gasteiger partial charge in [-0.25, -0.2) is 9.78 Å². The third kappa shape index (κ3) is 5.06. The van der Waals surface area contributed by atoms with Crippen molar-refractivity contribution >= 4 is 29.0 Å². The molecule has 0 spiro atoms. The molecular formula is C20H20ClF3N4O. The number of pyridine rings is 2. The summed E-state index contributed by atoms with van der Waals surface area (Å²) in [6, 6.07) is 3.49. The highest BCUT2D eigenvalue weighted by molar-refractivity contribution is 6.32. The first kappa shape index (κ1) is 21.1. The molecule has 0 aliphatic carbocycles. The van der Waals surface area contributed by atoms with Gasteiger partial charge in [-0.05, 0) is 41.7 Å². The van der Waals surface area contributed by atoms with Crippen LogP contribution >= 0.6 is 11.6 Å². The largest absolute Gasteiger partial charge is 0.417 e. The molecule has 1 aliphatic rings. The van der Waals surface area contributed by atoms with Gasteiger partial charge in [0.1, 0.15) is 5.82 Å². The second-order valence-electron chi connectivity index (χ2n) is 7.04. The number of alkyl halides is 3. The monoisotopic (exact) mass is 424 g/mol. The van der Waals surface area contributed by atoms with E-state index in [4.69, 9.17) is 11.6 Å². The smallest absolute Gasteiger partial charge is 0.320 e. The molecule has 2 amide bonds. The van der Waals surface area contributed by atoms with Crippen LogP contribution in [0.1, 0.15) is 43.0 Å². The Morgan fingerprint density at radius 2 is 2.00 bits per heavy atom. The molecule has 0 saturated carbocycles. The van der Waals surface area contributed by atoms with Crippen LogP contribution in [-0.4, -0.2) is 34.0 Å². The van der Waals surface area contributed by atoms with Gasteiger partial charge in [-0.3, -0.25) is 10.3 Å². The highest BCUT2D eigenvalue weighted by atomic mass is 35.5. The van der Waals surface area contributed by atoms with E-state index in [1.54, 1.807) is 4.90 Å². The van der Waals surface area contributed by atoms with Crippen molar-refractivity contribution in [3.05, 3.63) is 58.5 Å². The second kappa shape index (κ2) is 8.41. The second-order valence-corrected chi connectivity index (χ2v) is 7.45. The lowest BCUT2D eigenvalue weighted by atomic mass is 10.0. The van der Waals surface area contributed by atoms with E-state index in [2.05, 4.69) is 29.1 Å². The van der Waals surface area contributed by atoms with Gasteiger partial charge in [0.15, 0.2) is 0 Å². The number of carbonyl (C=O) groups excluding carboxylic acids is 1. The van der Waals surface area contributed by atoms with Crippen LogP contribution in [0.5, 0.6) is 0 Å². The molecule has 0 atom stereocenters. The highest BCUT2D eigenvalue weighted by Crippen LogP contribution is 2.30. The van der Waals surface area contributed by atoms with E-state index in [9.17, 15) is 18.0 Å². The summed E-state index contributed by atoms with van der Waals surface area (Å²) in [6.45, 7) is 4.90. The molecule has 2 aromatic heterocycles. The zero-order valence-electron chi connectivity index (χ0n) is 15.9. The molecule has 3 heterocycles. The number of urea groups is 1. The number of hydrogen-bond acceptors (Lipinski definition) is 3. The van der Waals surface area contributed by atoms with Crippen molar-refractivity contribution in [2.24, 2.45) is 0 Å². The SMILES string of the molecule is CC(C)c1cnc(C2=CCN(C(=O)Nc3ccc(C(F)(F)F)cn3)CC2)c(Cl)c1. The molecule has 29 heavy (non-hydrogen) atoms. The average Bonchev–Trinajstić information content (AvgIpc) is 2.67. The fraction of sp³-hybridized carbons (Fsp3) is 0.350. The summed E-state index contributed by atoms with van der Waals surface area (Å²) in [5.41, 5.74) is 1.86. The molecule has 2 aromatic rings. The van der Waals surface area contributed by atoms with E-state index in [0.29, 0.717) is 42.3 Å². The van der Waals surface area contributed by atoms with Gasteiger partial charge in [0.2, 0.25) is 0 Å². The number of amides is 2. The van der Waals surface area contributed by atoms with Crippen LogP contribution in [0.15, 0.2) is 36.7 Å². The maximum atomic E-state index is 12.6. The van der Waals surface area contributed by atoms with Crippen molar-refractivity contribution in [2.75, 3.05) is 18.4 Å². The van der Waals surface area contributed by atoms with Gasteiger partial charge in [0.25, 0.3) is 0 Å². The summed E-state index contributed by atoms with van der Waals surface area (Å²) >= 11 is 6.37. The Kier molecular flexibility index (Phi) is 6.12. The number of carbonyl (C=O) groups is 1. The van der Waals surface area contributed by atoms with E-state index >= 15 is 0 Å². The fourth-order valence-corrected chi connectivity index (χ4v) is 3.19. The van der Waals surface area contributed by atoms with Crippen molar-refractivity contribution < 1.29 is 18.0 Å². The first-order valence-corrected chi connectivity index (χ1v) is 9.47. The van der Waals surface area contributed by atoms with Gasteiger partial charge in [-0.2, -0.15) is 13.2 Å². The van der Waals surface area contributed by atoms with Gasteiger partial charge in [-0.15, -0.1) is 0 Å². The molecular weight excluding hydrogens is 405 g/mol. The Balaban J connectivity index is 1.64. The predicted octanol–water partition coefficient (Wildman–Crippen LogP) is 5.59. The van der Waals surface area contributed by atoms with Crippen molar-refractivity contribution in [2.45, 2.75) is 32.4 Å². The number of nitrogens with zero attached hydrogens (tertiary/aromatic N) is 3. The molecule has 0 saturated heterocycles. The maximum Gasteiger partial charge on any atom is 0.417 e. The molecule has 1 aliphatic heterocycles. The molecule has 0 bridgehead atoms. The van der Waals surface area contributed by atoms with Crippen molar-refractivity contribution in [1.29, 1.82) is 0 Å². The lowest BCUT2D eigenvalue weighted by Crippen LogP contribution is -2.38. The molecule has 0 radical (unpaired) electrons. The van der Waals surface area contributed by atoms with Gasteiger partial charge in [-0.1, -0.05) is 31.5 Å². The first-order chi connectivity index (χ1) is 13.6. The minimum Gasteiger partial charge on any atom is -0.320 e. The van der Waals surface area contributed by atoms with Crippen LogP contribution in [0.3, 0.4) is 0 Å². The van der Waals surface area contributed by atoms with Crippen molar-refractivity contribution in [3.8, 4) is 0 Å². The Morgan fingerprint density at radius 1 is 1.24 bits per heavy atom. The van der Waals surface area contributed by atoms with Crippen LogP contribution in [0, 0.1) is 0 Å². The molecule has 1 N–H and O–H groups in total. The molecule has 3 rings (SSSR count). The third-order valence-corrected chi connectivity index (χ3v) is 4.94. The molecule has 0 aromatic carbocycles. The number of anilines is 1. The molecule has 0 unspecified atom stereocenters. The standard InChI is InChI=1S/C20H20ClF3N4O/c1-12(2)14-9-16(21)18(26-10-14)13-5-7-28(8-6-13)19(29)27-17-4-3-15(11-25-17)20(22,23)24/h3-5,9-12H,6-8H2,1-2H3,(H,25,27,29). The fourth-order valence-electron chi connectivity index (χ4n) is 2.90. The zero-order valence-corrected chi connectivity index (χ0v) is 16.7. The van der Waals surface area contributed by atoms with Gasteiger partial charge in [0.05, 0.1) is 16.3 Å². The summed E-state index contributed by atoms with van der Waals surface area (Å²) in [4.78, 5) is 22.0. The summed E-state index contributed by atoms with van der Waals surface area (Å²) in [5.74, 6) is 0.388. The van der Waals surface area contributed by atoms with Gasteiger partial charge in [0, 0.05) is 25.5 Å². The van der Waals surface area contributed by atoms with Crippen LogP contribution < -0.4 is 5.32 Å². The Hall–Kier alpha value is -2.61. The quantitative estimate of drug-likeness (QED) is 0.698. The number of rotatable bonds is 3. The van der Waals surface area contributed by atoms with Crippen molar-refractivity contribution in [3.63, 3.8) is 0 Å². The Bertz CT molecular complexity index is 926. The molecule has 0 fully saturated rings. The number of aromatic nitrogens is 2. The van der Waals surface area contributed by atoms with Gasteiger partial charge >= 0.3 is 12.2 Å². The van der Waals surface area contributed by atoms with Crippen molar-refractivity contribution in [1.82, 2.24) is 14.9 Å². The lowest BCUT2D eigenvalue weighted by molar-refractivity contribution is -0.137. The lowest BCUT2D eigenvalue weighted by Gasteiger charge is -2.26. The first-order valence-electron chi connectivity index (χ1n) is 9.09. The van der Waals surface area contributed by atoms with Crippen LogP contribution in [0.25, 0.3) is 5.57 Å². The summed E-state index contributed by atoms with van der Waals surface area (Å²) < 4.78 is 37.7. The molecule has 154 valence electrons. The molecule has 9 heteroatoms. The minimum atomic E-state index is -4.47. The summed E-state index contributed by atoms with van der Waals surface area (Å²) in [5, 5.41) is 3.09. The minimum absolute atomic E-state index is 0.0618. The maximum absolute atomic E-state index is 12.6. The Labute approximate surface area is 171 Å². The van der Waals surface area contributed by atoms with Crippen LogP contribution in [0.4, 0.5) is 23.8 Å². The zero-order chi connectivity index (χ0) is 21.2. The van der Waals surface area contributed by atoms with E-state index in [1.807, 2.05) is 18.3 Å². The van der Waals surface area contributed by atoms with E-state index in [0.717, 1.165) is 23.3 Å². The highest BCUT2D eigenvalue weighted by Gasteiger charge is 2.30. The van der Waals surface area contributed by atoms with Gasteiger partial charge < -0.3 is 4.90 Å². The molecule has 5 nitrogen and oxygen atoms in total. The summed E-state index contributed by atoms with van der Waals surface area (Å²) in [6.07, 6.45) is 0.487. The average molecular weight is 425 g/mol. The Morgan fingerprint density at radius 3 is 2.52 bits per heavy atom. The summed E-state index contributed by atoms with van der Waals surface area (Å²) in [7, 11) is 0. The number of halogens is 4. The van der Waals surface area contributed by atoms with E-state index in [1.165, 1.54) is 0 Å². The van der Waals surface area contributed by atoms with Crippen LogP contribution in [-0.2, 0) is 6.18 Å². The van der Waals surface area contributed by atoms with E-state index in [-0.39, 0.29) is 5.82 Å². The topological polar surface area (TPSA) is 58.1 Å². The van der Waals surface area contributed by atoms with E-state index < -0.39 is 17.8 Å². The number of nitrogens with one attached hydrogen (secondary N) is 1. The predicted molar refractivity (Wildman–Crippen MR) is 106 cm³/mol. The third-order valence-electron chi connectivity index (χ3n) is 4.66. The van der Waals surface area contributed by atoms with Crippen LogP contribution in [0.2, 0.25) is 5.02 Å².